The smallest absolute Gasteiger partial charge is 0.0675 e. The SMILES string of the molecule is CCc1c(C)cc(-c2c(C)nn(C(C)C)c2C)cc1C.[Pd]. The summed E-state index contributed by atoms with van der Waals surface area (Å²) in [5, 5.41) is 4.70. The van der Waals surface area contributed by atoms with E-state index in [0.29, 0.717) is 6.04 Å². The van der Waals surface area contributed by atoms with E-state index in [-0.39, 0.29) is 20.4 Å². The van der Waals surface area contributed by atoms with E-state index in [1.807, 2.05) is 0 Å². The molecule has 118 valence electrons. The summed E-state index contributed by atoms with van der Waals surface area (Å²) in [7, 11) is 0. The molecule has 3 heteroatoms. The van der Waals surface area contributed by atoms with E-state index < -0.39 is 0 Å². The van der Waals surface area contributed by atoms with E-state index in [2.05, 4.69) is 65.3 Å². The van der Waals surface area contributed by atoms with Crippen molar-refractivity contribution < 1.29 is 20.4 Å². The minimum atomic E-state index is 0. The van der Waals surface area contributed by atoms with Gasteiger partial charge in [0.05, 0.1) is 5.69 Å². The summed E-state index contributed by atoms with van der Waals surface area (Å²) in [5.74, 6) is 0. The Kier molecular flexibility index (Phi) is 5.96. The molecule has 0 aliphatic carbocycles. The summed E-state index contributed by atoms with van der Waals surface area (Å²) in [6.07, 6.45) is 1.10. The van der Waals surface area contributed by atoms with Crippen molar-refractivity contribution in [3.8, 4) is 11.1 Å². The average molecular weight is 377 g/mol. The van der Waals surface area contributed by atoms with Gasteiger partial charge in [-0.25, -0.2) is 0 Å². The van der Waals surface area contributed by atoms with Gasteiger partial charge in [0.2, 0.25) is 0 Å². The van der Waals surface area contributed by atoms with E-state index in [1.54, 1.807) is 0 Å². The Balaban J connectivity index is 0.00000220. The first-order chi connectivity index (χ1) is 9.36. The van der Waals surface area contributed by atoms with Gasteiger partial charge in [0.15, 0.2) is 0 Å². The van der Waals surface area contributed by atoms with Gasteiger partial charge < -0.3 is 0 Å². The van der Waals surface area contributed by atoms with Crippen molar-refractivity contribution >= 4 is 0 Å². The molecule has 0 saturated heterocycles. The number of benzene rings is 1. The third kappa shape index (κ3) is 3.30. The van der Waals surface area contributed by atoms with Crippen LogP contribution in [0.3, 0.4) is 0 Å². The van der Waals surface area contributed by atoms with Gasteiger partial charge in [-0.15, -0.1) is 0 Å². The van der Waals surface area contributed by atoms with Crippen LogP contribution in [-0.2, 0) is 26.8 Å². The Bertz CT molecular complexity index is 616. The summed E-state index contributed by atoms with van der Waals surface area (Å²) in [6, 6.07) is 5.03. The summed E-state index contributed by atoms with van der Waals surface area (Å²) in [4.78, 5) is 0. The molecule has 2 rings (SSSR count). The van der Waals surface area contributed by atoms with Crippen LogP contribution in [-0.4, -0.2) is 9.78 Å². The molecule has 2 aromatic rings. The van der Waals surface area contributed by atoms with Crippen LogP contribution in [0.15, 0.2) is 12.1 Å². The quantitative estimate of drug-likeness (QED) is 0.695. The van der Waals surface area contributed by atoms with Crippen LogP contribution in [0.2, 0.25) is 0 Å². The summed E-state index contributed by atoms with van der Waals surface area (Å²) in [6.45, 7) is 15.3. The number of aromatic nitrogens is 2. The van der Waals surface area contributed by atoms with Crippen LogP contribution in [0.25, 0.3) is 11.1 Å². The monoisotopic (exact) mass is 376 g/mol. The van der Waals surface area contributed by atoms with E-state index >= 15 is 0 Å². The van der Waals surface area contributed by atoms with Crippen molar-refractivity contribution in [3.05, 3.63) is 40.2 Å². The average Bonchev–Trinajstić information content (AvgIpc) is 2.64. The molecule has 0 atom stereocenters. The fraction of sp³-hybridized carbons (Fsp3) is 0.500. The predicted molar refractivity (Wildman–Crippen MR) is 86.4 cm³/mol. The number of aryl methyl sites for hydroxylation is 3. The van der Waals surface area contributed by atoms with Crippen LogP contribution in [0, 0.1) is 27.7 Å². The summed E-state index contributed by atoms with van der Waals surface area (Å²) < 4.78 is 2.13. The Hall–Kier alpha value is -0.908. The van der Waals surface area contributed by atoms with Crippen molar-refractivity contribution in [3.63, 3.8) is 0 Å². The minimum absolute atomic E-state index is 0. The van der Waals surface area contributed by atoms with Crippen LogP contribution < -0.4 is 0 Å². The fourth-order valence-electron chi connectivity index (χ4n) is 3.28. The Morgan fingerprint density at radius 3 is 1.95 bits per heavy atom. The molecule has 0 aliphatic rings. The van der Waals surface area contributed by atoms with Crippen molar-refractivity contribution in [1.82, 2.24) is 9.78 Å². The predicted octanol–water partition coefficient (Wildman–Crippen LogP) is 4.92. The number of hydrogen-bond acceptors (Lipinski definition) is 1. The van der Waals surface area contributed by atoms with Crippen LogP contribution in [0.4, 0.5) is 0 Å². The minimum Gasteiger partial charge on any atom is -0.266 e. The van der Waals surface area contributed by atoms with Crippen molar-refractivity contribution in [2.24, 2.45) is 0 Å². The molecule has 2 nitrogen and oxygen atoms in total. The maximum absolute atomic E-state index is 4.70. The molecule has 0 bridgehead atoms. The zero-order valence-electron chi connectivity index (χ0n) is 14.1. The molecule has 0 amide bonds. The number of hydrogen-bond donors (Lipinski definition) is 0. The van der Waals surface area contributed by atoms with Crippen molar-refractivity contribution in [2.75, 3.05) is 0 Å². The Morgan fingerprint density at radius 2 is 1.57 bits per heavy atom. The Morgan fingerprint density at radius 1 is 1.05 bits per heavy atom. The van der Waals surface area contributed by atoms with Gasteiger partial charge in [-0.1, -0.05) is 19.1 Å². The van der Waals surface area contributed by atoms with E-state index in [0.717, 1.165) is 12.1 Å². The number of rotatable bonds is 3. The zero-order valence-corrected chi connectivity index (χ0v) is 15.7. The molecule has 0 radical (unpaired) electrons. The molecule has 21 heavy (non-hydrogen) atoms. The molecular weight excluding hydrogens is 351 g/mol. The molecule has 0 N–H and O–H groups in total. The van der Waals surface area contributed by atoms with Crippen LogP contribution in [0.1, 0.15) is 54.9 Å². The first-order valence-corrected chi connectivity index (χ1v) is 7.53. The van der Waals surface area contributed by atoms with E-state index in [9.17, 15) is 0 Å². The van der Waals surface area contributed by atoms with Gasteiger partial charge in [-0.05, 0) is 70.2 Å². The first-order valence-electron chi connectivity index (χ1n) is 7.53. The van der Waals surface area contributed by atoms with Crippen LogP contribution >= 0.6 is 0 Å². The maximum Gasteiger partial charge on any atom is 0.0675 e. The zero-order chi connectivity index (χ0) is 15.0. The second-order valence-corrected chi connectivity index (χ2v) is 6.03. The normalized spacial score (nSPS) is 10.9. The van der Waals surface area contributed by atoms with Crippen molar-refractivity contribution in [2.45, 2.75) is 60.9 Å². The van der Waals surface area contributed by atoms with E-state index in [1.165, 1.54) is 33.5 Å². The first kappa shape index (κ1) is 18.1. The molecule has 0 saturated carbocycles. The van der Waals surface area contributed by atoms with Gasteiger partial charge in [0.25, 0.3) is 0 Å². The van der Waals surface area contributed by atoms with E-state index in [4.69, 9.17) is 5.10 Å². The third-order valence-electron chi connectivity index (χ3n) is 4.15. The fourth-order valence-corrected chi connectivity index (χ4v) is 3.28. The molecule has 1 aromatic carbocycles. The standard InChI is InChI=1S/C18H26N2.Pd/c1-8-17-12(4)9-16(10-13(17)5)18-14(6)19-20(11(2)3)15(18)7;/h9-11H,8H2,1-7H3;. The van der Waals surface area contributed by atoms with Crippen molar-refractivity contribution in [1.29, 1.82) is 0 Å². The third-order valence-corrected chi connectivity index (χ3v) is 4.15. The number of nitrogens with zero attached hydrogens (tertiary/aromatic N) is 2. The molecule has 0 spiro atoms. The maximum atomic E-state index is 4.70. The molecule has 0 fully saturated rings. The largest absolute Gasteiger partial charge is 0.266 e. The van der Waals surface area contributed by atoms with Gasteiger partial charge in [0, 0.05) is 37.7 Å². The second kappa shape index (κ2) is 6.90. The summed E-state index contributed by atoms with van der Waals surface area (Å²) >= 11 is 0. The topological polar surface area (TPSA) is 17.8 Å². The van der Waals surface area contributed by atoms with Gasteiger partial charge >= 0.3 is 0 Å². The Labute approximate surface area is 142 Å². The second-order valence-electron chi connectivity index (χ2n) is 6.03. The summed E-state index contributed by atoms with van der Waals surface area (Å²) in [5.41, 5.74) is 9.24. The van der Waals surface area contributed by atoms with Gasteiger partial charge in [0.1, 0.15) is 0 Å². The molecule has 0 aliphatic heterocycles. The van der Waals surface area contributed by atoms with Gasteiger partial charge in [-0.2, -0.15) is 5.10 Å². The molecule has 1 aromatic heterocycles. The molecular formula is C18H26N2Pd. The van der Waals surface area contributed by atoms with Gasteiger partial charge in [-0.3, -0.25) is 4.68 Å². The molecule has 0 unspecified atom stereocenters. The van der Waals surface area contributed by atoms with Crippen LogP contribution in [0.5, 0.6) is 0 Å². The molecule has 1 heterocycles.